The molecule has 0 radical (unpaired) electrons. The van der Waals surface area contributed by atoms with E-state index in [1.807, 2.05) is 31.2 Å². The Labute approximate surface area is 155 Å². The average molecular weight is 355 g/mol. The molecule has 1 aliphatic carbocycles. The lowest BCUT2D eigenvalue weighted by Gasteiger charge is -2.34. The number of fused-ring (bicyclic) bond motifs is 1. The summed E-state index contributed by atoms with van der Waals surface area (Å²) >= 11 is 0. The second-order valence-corrected chi connectivity index (χ2v) is 7.70. The molecule has 0 bridgehead atoms. The van der Waals surface area contributed by atoms with Gasteiger partial charge in [0.15, 0.2) is 0 Å². The van der Waals surface area contributed by atoms with Crippen LogP contribution in [0.4, 0.5) is 0 Å². The van der Waals surface area contributed by atoms with Gasteiger partial charge in [-0.25, -0.2) is 0 Å². The second kappa shape index (κ2) is 8.02. The maximum atomic E-state index is 12.5. The fraction of sp³-hybridized carbons (Fsp3) is 0.571. The molecule has 2 aromatic rings. The fourth-order valence-electron chi connectivity index (χ4n) is 3.98. The number of aromatic nitrogens is 2. The summed E-state index contributed by atoms with van der Waals surface area (Å²) in [7, 11) is 0. The Morgan fingerprint density at radius 1 is 1.19 bits per heavy atom. The van der Waals surface area contributed by atoms with Crippen molar-refractivity contribution in [2.75, 3.05) is 0 Å². The largest absolute Gasteiger partial charge is 0.353 e. The zero-order valence-corrected chi connectivity index (χ0v) is 16.0. The molecule has 140 valence electrons. The highest BCUT2D eigenvalue weighted by molar-refractivity contribution is 5.92. The summed E-state index contributed by atoms with van der Waals surface area (Å²) in [6, 6.07) is 8.02. The summed E-state index contributed by atoms with van der Waals surface area (Å²) < 4.78 is 1.48. The van der Waals surface area contributed by atoms with Gasteiger partial charge >= 0.3 is 0 Å². The van der Waals surface area contributed by atoms with Crippen molar-refractivity contribution in [3.8, 4) is 0 Å². The van der Waals surface area contributed by atoms with E-state index in [0.29, 0.717) is 31.1 Å². The van der Waals surface area contributed by atoms with E-state index in [1.54, 1.807) is 0 Å². The van der Waals surface area contributed by atoms with E-state index in [-0.39, 0.29) is 17.9 Å². The van der Waals surface area contributed by atoms with E-state index in [2.05, 4.69) is 24.3 Å². The second-order valence-electron chi connectivity index (χ2n) is 7.70. The van der Waals surface area contributed by atoms with Crippen molar-refractivity contribution in [3.05, 3.63) is 30.0 Å². The van der Waals surface area contributed by atoms with Crippen LogP contribution in [0.2, 0.25) is 0 Å². The summed E-state index contributed by atoms with van der Waals surface area (Å²) in [4.78, 5) is 24.8. The molecule has 1 amide bonds. The lowest BCUT2D eigenvalue weighted by atomic mass is 9.78. The molecule has 1 saturated carbocycles. The number of hydrogen-bond acceptors (Lipinski definition) is 3. The summed E-state index contributed by atoms with van der Waals surface area (Å²) in [5.74, 6) is 1.19. The number of nitrogens with one attached hydrogen (secondary N) is 1. The van der Waals surface area contributed by atoms with Crippen LogP contribution in [0.5, 0.6) is 0 Å². The number of hydrogen-bond donors (Lipinski definition) is 1. The molecule has 0 unspecified atom stereocenters. The first-order chi connectivity index (χ1) is 12.5. The van der Waals surface area contributed by atoms with Gasteiger partial charge in [0.05, 0.1) is 11.2 Å². The minimum Gasteiger partial charge on any atom is -0.353 e. The summed E-state index contributed by atoms with van der Waals surface area (Å²) in [6.45, 7) is 6.40. The lowest BCUT2D eigenvalue weighted by molar-refractivity contribution is -0.122. The molecule has 0 saturated heterocycles. The third kappa shape index (κ3) is 3.97. The highest BCUT2D eigenvalue weighted by Crippen LogP contribution is 2.29. The van der Waals surface area contributed by atoms with E-state index in [9.17, 15) is 9.59 Å². The van der Waals surface area contributed by atoms with Gasteiger partial charge in [0.25, 0.3) is 0 Å². The molecule has 3 rings (SSSR count). The maximum absolute atomic E-state index is 12.5. The number of aryl methyl sites for hydroxylation is 1. The highest BCUT2D eigenvalue weighted by Gasteiger charge is 2.28. The molecule has 1 fully saturated rings. The molecule has 1 aliphatic rings. The van der Waals surface area contributed by atoms with Crippen LogP contribution in [0.15, 0.2) is 24.3 Å². The van der Waals surface area contributed by atoms with Crippen LogP contribution in [0.25, 0.3) is 10.9 Å². The number of carbonyl (C=O) groups is 2. The Bertz CT molecular complexity index is 796. The number of amides is 1. The minimum absolute atomic E-state index is 0.0539. The number of para-hydroxylation sites is 1. The van der Waals surface area contributed by atoms with E-state index in [1.165, 1.54) is 17.5 Å². The van der Waals surface area contributed by atoms with E-state index in [4.69, 9.17) is 0 Å². The topological polar surface area (TPSA) is 64.0 Å². The first-order valence-electron chi connectivity index (χ1n) is 9.74. The summed E-state index contributed by atoms with van der Waals surface area (Å²) in [5, 5.41) is 8.54. The molecule has 1 heterocycles. The van der Waals surface area contributed by atoms with Crippen LogP contribution in [0, 0.1) is 18.8 Å². The van der Waals surface area contributed by atoms with Gasteiger partial charge in [-0.1, -0.05) is 44.9 Å². The minimum atomic E-state index is -0.0539. The Morgan fingerprint density at radius 2 is 1.96 bits per heavy atom. The monoisotopic (exact) mass is 355 g/mol. The van der Waals surface area contributed by atoms with Gasteiger partial charge < -0.3 is 5.32 Å². The molecule has 3 atom stereocenters. The van der Waals surface area contributed by atoms with Crippen LogP contribution in [-0.2, 0) is 4.79 Å². The quantitative estimate of drug-likeness (QED) is 0.878. The maximum Gasteiger partial charge on any atom is 0.247 e. The standard InChI is InChI=1S/C21H29N3O2/c1-14-8-6-10-18(15(14)2)22-20(25)12-7-13-21(26)24-19-11-5-4-9-17(19)16(3)23-24/h4-5,9,11,14-15,18H,6-8,10,12-13H2,1-3H3,(H,22,25)/t14-,15+,18-/m1/s1. The third-order valence-corrected chi connectivity index (χ3v) is 5.86. The zero-order valence-electron chi connectivity index (χ0n) is 16.0. The fourth-order valence-corrected chi connectivity index (χ4v) is 3.98. The van der Waals surface area contributed by atoms with Crippen molar-refractivity contribution in [3.63, 3.8) is 0 Å². The summed E-state index contributed by atoms with van der Waals surface area (Å²) in [6.07, 6.45) is 4.76. The molecule has 0 aliphatic heterocycles. The van der Waals surface area contributed by atoms with E-state index < -0.39 is 0 Å². The number of nitrogens with zero attached hydrogens (tertiary/aromatic N) is 2. The van der Waals surface area contributed by atoms with E-state index in [0.717, 1.165) is 23.0 Å². The average Bonchev–Trinajstić information content (AvgIpc) is 2.96. The number of benzene rings is 1. The predicted octanol–water partition coefficient (Wildman–Crippen LogP) is 4.10. The number of rotatable bonds is 5. The van der Waals surface area contributed by atoms with Crippen LogP contribution >= 0.6 is 0 Å². The molecule has 0 spiro atoms. The predicted molar refractivity (Wildman–Crippen MR) is 103 cm³/mol. The molecule has 26 heavy (non-hydrogen) atoms. The molecule has 5 heteroatoms. The van der Waals surface area contributed by atoms with Crippen molar-refractivity contribution >= 4 is 22.7 Å². The Kier molecular flexibility index (Phi) is 5.74. The van der Waals surface area contributed by atoms with Gasteiger partial charge in [-0.3, -0.25) is 9.59 Å². The molecule has 1 aromatic heterocycles. The highest BCUT2D eigenvalue weighted by atomic mass is 16.2. The van der Waals surface area contributed by atoms with Crippen molar-refractivity contribution < 1.29 is 9.59 Å². The van der Waals surface area contributed by atoms with Gasteiger partial charge in [-0.15, -0.1) is 0 Å². The van der Waals surface area contributed by atoms with Crippen LogP contribution in [0.3, 0.4) is 0 Å². The molecule has 1 aromatic carbocycles. The Morgan fingerprint density at radius 3 is 2.77 bits per heavy atom. The SMILES string of the molecule is Cc1nn(C(=O)CCCC(=O)N[C@@H]2CCC[C@@H](C)[C@@H]2C)c2ccccc12. The van der Waals surface area contributed by atoms with Crippen LogP contribution < -0.4 is 5.32 Å². The van der Waals surface area contributed by atoms with Gasteiger partial charge in [0, 0.05) is 24.3 Å². The normalized spacial score (nSPS) is 23.1. The van der Waals surface area contributed by atoms with Gasteiger partial charge in [0.1, 0.15) is 0 Å². The van der Waals surface area contributed by atoms with Crippen LogP contribution in [-0.4, -0.2) is 27.6 Å². The summed E-state index contributed by atoms with van der Waals surface area (Å²) in [5.41, 5.74) is 1.69. The Balaban J connectivity index is 1.51. The van der Waals surface area contributed by atoms with Crippen LogP contribution in [0.1, 0.15) is 62.9 Å². The first kappa shape index (κ1) is 18.6. The third-order valence-electron chi connectivity index (χ3n) is 5.86. The first-order valence-corrected chi connectivity index (χ1v) is 9.74. The molecular formula is C21H29N3O2. The molecule has 1 N–H and O–H groups in total. The van der Waals surface area contributed by atoms with Crippen molar-refractivity contribution in [1.82, 2.24) is 15.1 Å². The molecule has 5 nitrogen and oxygen atoms in total. The van der Waals surface area contributed by atoms with Crippen molar-refractivity contribution in [1.29, 1.82) is 0 Å². The van der Waals surface area contributed by atoms with E-state index >= 15 is 0 Å². The van der Waals surface area contributed by atoms with Crippen molar-refractivity contribution in [2.45, 2.75) is 65.3 Å². The zero-order chi connectivity index (χ0) is 18.7. The van der Waals surface area contributed by atoms with Gasteiger partial charge in [-0.2, -0.15) is 9.78 Å². The van der Waals surface area contributed by atoms with Crippen molar-refractivity contribution in [2.24, 2.45) is 11.8 Å². The number of carbonyl (C=O) groups excluding carboxylic acids is 2. The van der Waals surface area contributed by atoms with Gasteiger partial charge in [0.2, 0.25) is 11.8 Å². The van der Waals surface area contributed by atoms with Gasteiger partial charge in [-0.05, 0) is 37.7 Å². The lowest BCUT2D eigenvalue weighted by Crippen LogP contribution is -2.43. The smallest absolute Gasteiger partial charge is 0.247 e. The molecular weight excluding hydrogens is 326 g/mol. The Hall–Kier alpha value is -2.17.